The number of esters is 1. The summed E-state index contributed by atoms with van der Waals surface area (Å²) in [6, 6.07) is -1.40. The molecule has 0 saturated carbocycles. The van der Waals surface area contributed by atoms with E-state index in [-0.39, 0.29) is 50.3 Å². The van der Waals surface area contributed by atoms with Crippen LogP contribution in [0.1, 0.15) is 109 Å². The summed E-state index contributed by atoms with van der Waals surface area (Å²) < 4.78 is 80.1. The molecule has 0 radical (unpaired) electrons. The fourth-order valence-electron chi connectivity index (χ4n) is 11.9. The Bertz CT molecular complexity index is 1880. The Morgan fingerprint density at radius 3 is 2.07 bits per heavy atom. The number of methoxy groups -OCH3 is 2. The molecule has 4 rings (SSSR count). The van der Waals surface area contributed by atoms with Crippen molar-refractivity contribution in [2.24, 2.45) is 23.7 Å². The van der Waals surface area contributed by atoms with Crippen LogP contribution < -0.4 is 4.72 Å². The van der Waals surface area contributed by atoms with E-state index < -0.39 is 123 Å². The number of hydrogen-bond donors (Lipinski definition) is 3. The molecular formula is C50H93N5O15S. The van der Waals surface area contributed by atoms with Gasteiger partial charge in [0.25, 0.3) is 0 Å². The van der Waals surface area contributed by atoms with Gasteiger partial charge in [-0.15, -0.1) is 0 Å². The fraction of sp³-hybridized carbons (Fsp3) is 0.940. The number of ether oxygens (including phenoxy) is 8. The second kappa shape index (κ2) is 24.7. The molecule has 21 heteroatoms. The number of rotatable bonds is 19. The molecular weight excluding hydrogens is 943 g/mol. The van der Waals surface area contributed by atoms with Gasteiger partial charge in [0.1, 0.15) is 29.2 Å². The molecule has 0 aromatic heterocycles. The van der Waals surface area contributed by atoms with Gasteiger partial charge in [0.15, 0.2) is 18.2 Å². The molecule has 0 spiro atoms. The van der Waals surface area contributed by atoms with Crippen LogP contribution in [0.3, 0.4) is 0 Å². The first-order valence-corrected chi connectivity index (χ1v) is 27.5. The number of likely N-dealkylation sites (N-methyl/N-ethyl adjacent to an activating group) is 3. The van der Waals surface area contributed by atoms with Crippen molar-refractivity contribution in [3.63, 3.8) is 0 Å². The smallest absolute Gasteiger partial charge is 0.410 e. The molecule has 0 aliphatic carbocycles. The van der Waals surface area contributed by atoms with E-state index >= 15 is 4.79 Å². The van der Waals surface area contributed by atoms with Crippen molar-refractivity contribution < 1.29 is 70.9 Å². The van der Waals surface area contributed by atoms with Crippen molar-refractivity contribution in [3.8, 4) is 0 Å². The first kappa shape index (κ1) is 61.4. The lowest BCUT2D eigenvalue weighted by Gasteiger charge is -2.54. The number of hydrogen-bond acceptors (Lipinski definition) is 18. The van der Waals surface area contributed by atoms with Crippen LogP contribution in [0, 0.1) is 23.7 Å². The van der Waals surface area contributed by atoms with Gasteiger partial charge in [-0.1, -0.05) is 41.5 Å². The first-order valence-electron chi connectivity index (χ1n) is 25.8. The van der Waals surface area contributed by atoms with Crippen LogP contribution >= 0.6 is 0 Å². The first-order chi connectivity index (χ1) is 33.0. The zero-order valence-electron chi connectivity index (χ0n) is 46.3. The molecule has 3 N–H and O–H groups in total. The Kier molecular flexibility index (Phi) is 21.4. The normalized spacial score (nSPS) is 41.3. The molecule has 0 unspecified atom stereocenters. The van der Waals surface area contributed by atoms with Gasteiger partial charge >= 0.3 is 12.1 Å². The highest BCUT2D eigenvalue weighted by atomic mass is 32.2. The van der Waals surface area contributed by atoms with Crippen LogP contribution in [-0.4, -0.2) is 227 Å². The molecule has 0 bridgehead atoms. The Labute approximate surface area is 425 Å². The standard InChI is InChI=1S/C50H93N5O15S/c1-19-37-49(12)42(55(46(59)70-49)24-25-71(61,62)51-13)32(6)39(56)30(4)27-47(10,63-17)43(69-45-40(57)36(52(14)15)26-31(5)65-45)33(7)41(34(8)44(58)67-37)68-38-28-48(11,64-18)50(60,35(9)66-38)29-53(16)22-23-54(20-2)21-3/h30-38,40-43,45,51,57,60H,19-29H2,1-18H3/t30-,31-,32+,33+,34-,35+,36+,37-,38+,40-,41+,42-,43-,45+,47+,48-,49-,50-/m1/s1. The Hall–Kier alpha value is -2.12. The maximum absolute atomic E-state index is 15.0. The predicted octanol–water partition coefficient (Wildman–Crippen LogP) is 3.10. The monoisotopic (exact) mass is 1040 g/mol. The summed E-state index contributed by atoms with van der Waals surface area (Å²) in [7, 11) is 6.24. The maximum Gasteiger partial charge on any atom is 0.410 e. The predicted molar refractivity (Wildman–Crippen MR) is 267 cm³/mol. The van der Waals surface area contributed by atoms with E-state index in [4.69, 9.17) is 37.9 Å². The molecule has 4 aliphatic heterocycles. The molecule has 414 valence electrons. The van der Waals surface area contributed by atoms with E-state index in [2.05, 4.69) is 28.4 Å². The number of ketones is 1. The van der Waals surface area contributed by atoms with Crippen molar-refractivity contribution in [3.05, 3.63) is 0 Å². The lowest BCUT2D eigenvalue weighted by Crippen LogP contribution is -2.70. The highest BCUT2D eigenvalue weighted by Crippen LogP contribution is 2.46. The molecule has 0 aromatic carbocycles. The van der Waals surface area contributed by atoms with Crippen LogP contribution in [0.15, 0.2) is 0 Å². The third kappa shape index (κ3) is 13.3. The highest BCUT2D eigenvalue weighted by molar-refractivity contribution is 7.89. The molecule has 20 nitrogen and oxygen atoms in total. The number of carbonyl (C=O) groups is 3. The van der Waals surface area contributed by atoms with Gasteiger partial charge in [-0.3, -0.25) is 14.5 Å². The average molecular weight is 1040 g/mol. The van der Waals surface area contributed by atoms with E-state index in [1.807, 2.05) is 53.7 Å². The second-order valence-corrected chi connectivity index (χ2v) is 23.8. The fourth-order valence-corrected chi connectivity index (χ4v) is 12.5. The van der Waals surface area contributed by atoms with Gasteiger partial charge in [-0.2, -0.15) is 0 Å². The molecule has 0 aromatic rings. The zero-order chi connectivity index (χ0) is 53.8. The molecule has 18 atom stereocenters. The number of amides is 1. The largest absolute Gasteiger partial charge is 0.458 e. The van der Waals surface area contributed by atoms with E-state index in [1.54, 1.807) is 48.7 Å². The van der Waals surface area contributed by atoms with Crippen LogP contribution in [0.25, 0.3) is 0 Å². The second-order valence-electron chi connectivity index (χ2n) is 21.8. The zero-order valence-corrected chi connectivity index (χ0v) is 47.1. The number of nitrogens with zero attached hydrogens (tertiary/aromatic N) is 4. The number of cyclic esters (lactones) is 1. The van der Waals surface area contributed by atoms with Gasteiger partial charge < -0.3 is 62.8 Å². The van der Waals surface area contributed by atoms with E-state index in [9.17, 15) is 28.2 Å². The quantitative estimate of drug-likeness (QED) is 0.158. The summed E-state index contributed by atoms with van der Waals surface area (Å²) in [6.45, 7) is 25.2. The van der Waals surface area contributed by atoms with Crippen molar-refractivity contribution in [1.82, 2.24) is 24.3 Å². The average Bonchev–Trinajstić information content (AvgIpc) is 3.58. The number of aliphatic hydroxyl groups excluding tert-OH is 1. The third-order valence-corrected chi connectivity index (χ3v) is 18.1. The molecule has 4 aliphatic rings. The van der Waals surface area contributed by atoms with E-state index in [0.717, 1.165) is 19.6 Å². The lowest BCUT2D eigenvalue weighted by atomic mass is 9.73. The number of carbonyl (C=O) groups excluding carboxylic acids is 3. The Morgan fingerprint density at radius 1 is 0.887 bits per heavy atom. The van der Waals surface area contributed by atoms with Gasteiger partial charge in [-0.05, 0) is 102 Å². The van der Waals surface area contributed by atoms with Gasteiger partial charge in [0.05, 0.1) is 47.7 Å². The third-order valence-electron chi connectivity index (χ3n) is 16.7. The number of aliphatic hydroxyl groups is 2. The molecule has 71 heavy (non-hydrogen) atoms. The van der Waals surface area contributed by atoms with Crippen LogP contribution in [-0.2, 0) is 57.5 Å². The van der Waals surface area contributed by atoms with E-state index in [0.29, 0.717) is 13.0 Å². The van der Waals surface area contributed by atoms with Gasteiger partial charge in [-0.25, -0.2) is 17.9 Å². The summed E-state index contributed by atoms with van der Waals surface area (Å²) in [5.41, 5.74) is -5.68. The highest BCUT2D eigenvalue weighted by Gasteiger charge is 2.62. The summed E-state index contributed by atoms with van der Waals surface area (Å²) in [4.78, 5) is 51.5. The number of nitrogens with one attached hydrogen (secondary N) is 1. The SMILES string of the molecule is CC[C@H]1OC(=O)[C@H](C)[C@@H](O[C@H]2C[C@@](C)(OC)[C@@](O)(CN(C)CCN(CC)CC)[C@H](C)O2)[C@H](C)[C@@H](O[C@@H]2O[C@H](C)C[C@H](N(C)C)[C@H]2O)[C@@](C)(OC)C[C@@H](C)C(=O)[C@H](C)[C@H]2N(CCS(=O)(=O)NC)C(=O)O[C@]12C. The molecule has 1 amide bonds. The van der Waals surface area contributed by atoms with Crippen LogP contribution in [0.4, 0.5) is 4.79 Å². The number of sulfonamides is 1. The van der Waals surface area contributed by atoms with Crippen molar-refractivity contribution >= 4 is 27.9 Å². The minimum absolute atomic E-state index is 0.0502. The maximum atomic E-state index is 15.0. The Morgan fingerprint density at radius 2 is 1.52 bits per heavy atom. The van der Waals surface area contributed by atoms with Crippen LogP contribution in [0.5, 0.6) is 0 Å². The molecule has 4 heterocycles. The Balaban J connectivity index is 1.88. The number of Topliss-reactive ketones (excluding diaryl/α,β-unsaturated/α-hetero) is 1. The van der Waals surface area contributed by atoms with Crippen LogP contribution in [0.2, 0.25) is 0 Å². The van der Waals surface area contributed by atoms with Crippen molar-refractivity contribution in [2.75, 3.05) is 87.4 Å². The lowest BCUT2D eigenvalue weighted by molar-refractivity contribution is -0.339. The minimum Gasteiger partial charge on any atom is -0.458 e. The summed E-state index contributed by atoms with van der Waals surface area (Å²) >= 11 is 0. The summed E-state index contributed by atoms with van der Waals surface area (Å²) in [5, 5.41) is 24.5. The summed E-state index contributed by atoms with van der Waals surface area (Å²) in [5.74, 6) is -5.07. The van der Waals surface area contributed by atoms with Crippen molar-refractivity contribution in [1.29, 1.82) is 0 Å². The molecule has 4 fully saturated rings. The van der Waals surface area contributed by atoms with Gasteiger partial charge in [0, 0.05) is 70.6 Å². The summed E-state index contributed by atoms with van der Waals surface area (Å²) in [6.07, 6.45) is -7.79. The van der Waals surface area contributed by atoms with Crippen molar-refractivity contribution in [2.45, 2.75) is 192 Å². The topological polar surface area (TPSA) is 225 Å². The molecule has 4 saturated heterocycles. The number of fused-ring (bicyclic) bond motifs is 1. The van der Waals surface area contributed by atoms with E-state index in [1.165, 1.54) is 19.1 Å². The van der Waals surface area contributed by atoms with Gasteiger partial charge in [0.2, 0.25) is 10.0 Å². The minimum atomic E-state index is -3.80.